The van der Waals surface area contributed by atoms with Crippen LogP contribution in [0.3, 0.4) is 0 Å². The summed E-state index contributed by atoms with van der Waals surface area (Å²) in [6.45, 7) is 0. The van der Waals surface area contributed by atoms with Crippen molar-refractivity contribution in [2.24, 2.45) is 0 Å². The molecule has 21 heavy (non-hydrogen) atoms. The van der Waals surface area contributed by atoms with Crippen LogP contribution < -0.4 is 0 Å². The van der Waals surface area contributed by atoms with Crippen LogP contribution in [-0.4, -0.2) is 20.1 Å². The van der Waals surface area contributed by atoms with Gasteiger partial charge in [0.25, 0.3) is 0 Å². The van der Waals surface area contributed by atoms with Crippen molar-refractivity contribution in [3.05, 3.63) is 76.0 Å². The topological polar surface area (TPSA) is 50.9 Å². The van der Waals surface area contributed by atoms with Gasteiger partial charge in [-0.3, -0.25) is 0 Å². The zero-order valence-corrected chi connectivity index (χ0v) is 12.3. The van der Waals surface area contributed by atoms with Gasteiger partial charge in [-0.15, -0.1) is 5.10 Å². The van der Waals surface area contributed by atoms with Gasteiger partial charge in [0.2, 0.25) is 0 Å². The quantitative estimate of drug-likeness (QED) is 0.801. The molecule has 2 aromatic carbocycles. The number of aliphatic hydroxyl groups is 1. The molecule has 1 heterocycles. The van der Waals surface area contributed by atoms with Crippen molar-refractivity contribution in [2.45, 2.75) is 6.10 Å². The molecule has 0 radical (unpaired) electrons. The molecule has 3 aromatic rings. The Morgan fingerprint density at radius 1 is 1.05 bits per heavy atom. The van der Waals surface area contributed by atoms with Crippen LogP contribution in [0.4, 0.5) is 0 Å². The van der Waals surface area contributed by atoms with Gasteiger partial charge in [0.1, 0.15) is 6.10 Å². The lowest BCUT2D eigenvalue weighted by molar-refractivity contribution is 0.212. The van der Waals surface area contributed by atoms with Crippen molar-refractivity contribution in [1.82, 2.24) is 15.0 Å². The largest absolute Gasteiger partial charge is 0.382 e. The Labute approximate surface area is 131 Å². The minimum absolute atomic E-state index is 0.399. The lowest BCUT2D eigenvalue weighted by atomic mass is 10.1. The smallest absolute Gasteiger partial charge is 0.124 e. The molecule has 1 atom stereocenters. The average Bonchev–Trinajstić information content (AvgIpc) is 2.97. The predicted molar refractivity (Wildman–Crippen MR) is 81.9 cm³/mol. The summed E-state index contributed by atoms with van der Waals surface area (Å²) in [5.41, 5.74) is 1.90. The molecule has 0 saturated carbocycles. The Balaban J connectivity index is 2.03. The van der Waals surface area contributed by atoms with Crippen molar-refractivity contribution in [3.63, 3.8) is 0 Å². The van der Waals surface area contributed by atoms with Crippen LogP contribution in [0.2, 0.25) is 10.0 Å². The first-order valence-electron chi connectivity index (χ1n) is 6.26. The lowest BCUT2D eigenvalue weighted by Gasteiger charge is -2.14. The summed E-state index contributed by atoms with van der Waals surface area (Å²) in [6.07, 6.45) is 0.577. The fourth-order valence-electron chi connectivity index (χ4n) is 2.08. The molecule has 0 saturated heterocycles. The fraction of sp³-hybridized carbons (Fsp3) is 0.0667. The molecule has 1 aromatic heterocycles. The van der Waals surface area contributed by atoms with E-state index < -0.39 is 6.10 Å². The maximum absolute atomic E-state index is 10.6. The molecule has 0 spiro atoms. The molecule has 106 valence electrons. The summed E-state index contributed by atoms with van der Waals surface area (Å²) in [4.78, 5) is 0. The molecule has 1 N–H and O–H groups in total. The van der Waals surface area contributed by atoms with Gasteiger partial charge in [-0.05, 0) is 24.3 Å². The molecule has 0 amide bonds. The molecular weight excluding hydrogens is 309 g/mol. The van der Waals surface area contributed by atoms with Gasteiger partial charge in [0.15, 0.2) is 0 Å². The fourth-order valence-corrected chi connectivity index (χ4v) is 2.59. The second-order valence-corrected chi connectivity index (χ2v) is 5.32. The van der Waals surface area contributed by atoms with E-state index in [1.54, 1.807) is 22.9 Å². The van der Waals surface area contributed by atoms with E-state index in [-0.39, 0.29) is 0 Å². The molecule has 0 aliphatic heterocycles. The van der Waals surface area contributed by atoms with Crippen molar-refractivity contribution in [2.75, 3.05) is 0 Å². The highest BCUT2D eigenvalue weighted by Crippen LogP contribution is 2.30. The number of hydrogen-bond acceptors (Lipinski definition) is 3. The van der Waals surface area contributed by atoms with Crippen LogP contribution in [-0.2, 0) is 0 Å². The Kier molecular flexibility index (Phi) is 3.92. The van der Waals surface area contributed by atoms with Crippen molar-refractivity contribution in [1.29, 1.82) is 0 Å². The Morgan fingerprint density at radius 3 is 2.52 bits per heavy atom. The van der Waals surface area contributed by atoms with Gasteiger partial charge >= 0.3 is 0 Å². The van der Waals surface area contributed by atoms with Crippen LogP contribution in [0.15, 0.2) is 54.7 Å². The van der Waals surface area contributed by atoms with Crippen LogP contribution in [0.5, 0.6) is 0 Å². The van der Waals surface area contributed by atoms with Crippen LogP contribution in [0, 0.1) is 0 Å². The van der Waals surface area contributed by atoms with E-state index in [2.05, 4.69) is 10.3 Å². The van der Waals surface area contributed by atoms with Gasteiger partial charge in [-0.25, -0.2) is 4.68 Å². The summed E-state index contributed by atoms with van der Waals surface area (Å²) in [6, 6.07) is 14.4. The van der Waals surface area contributed by atoms with Crippen molar-refractivity contribution < 1.29 is 5.11 Å². The summed E-state index contributed by atoms with van der Waals surface area (Å²) < 4.78 is 1.58. The Bertz CT molecular complexity index is 759. The number of benzene rings is 2. The average molecular weight is 320 g/mol. The van der Waals surface area contributed by atoms with E-state index in [1.165, 1.54) is 6.20 Å². The molecule has 0 bridgehead atoms. The molecule has 0 fully saturated rings. The number of nitrogens with zero attached hydrogens (tertiary/aromatic N) is 3. The minimum atomic E-state index is -0.940. The SMILES string of the molecule is OC(c1ccc(Cl)cc1Cl)c1cnnn1-c1ccccc1. The monoisotopic (exact) mass is 319 g/mol. The molecular formula is C15H11Cl2N3O. The van der Waals surface area contributed by atoms with E-state index >= 15 is 0 Å². The molecule has 4 nitrogen and oxygen atoms in total. The number of halogens is 2. The highest BCUT2D eigenvalue weighted by atomic mass is 35.5. The molecule has 3 rings (SSSR count). The molecule has 6 heteroatoms. The van der Waals surface area contributed by atoms with Gasteiger partial charge in [0, 0.05) is 15.6 Å². The van der Waals surface area contributed by atoms with Gasteiger partial charge in [-0.2, -0.15) is 0 Å². The third-order valence-corrected chi connectivity index (χ3v) is 3.68. The summed E-state index contributed by atoms with van der Waals surface area (Å²) >= 11 is 12.0. The third-order valence-electron chi connectivity index (χ3n) is 3.11. The van der Waals surface area contributed by atoms with Gasteiger partial charge in [-0.1, -0.05) is 52.7 Å². The van der Waals surface area contributed by atoms with Crippen LogP contribution in [0.25, 0.3) is 5.69 Å². The zero-order valence-electron chi connectivity index (χ0n) is 10.8. The zero-order chi connectivity index (χ0) is 14.8. The summed E-state index contributed by atoms with van der Waals surface area (Å²) in [5, 5.41) is 19.4. The van der Waals surface area contributed by atoms with Crippen molar-refractivity contribution in [3.8, 4) is 5.69 Å². The number of hydrogen-bond donors (Lipinski definition) is 1. The second-order valence-electron chi connectivity index (χ2n) is 4.47. The molecule has 0 aliphatic carbocycles. The highest BCUT2D eigenvalue weighted by Gasteiger charge is 2.19. The normalized spacial score (nSPS) is 12.3. The maximum atomic E-state index is 10.6. The molecule has 1 unspecified atom stereocenters. The summed E-state index contributed by atoms with van der Waals surface area (Å²) in [5.74, 6) is 0. The maximum Gasteiger partial charge on any atom is 0.124 e. The van der Waals surface area contributed by atoms with E-state index in [0.717, 1.165) is 5.69 Å². The van der Waals surface area contributed by atoms with Gasteiger partial charge < -0.3 is 5.11 Å². The number of rotatable bonds is 3. The Morgan fingerprint density at radius 2 is 1.81 bits per heavy atom. The number of aromatic nitrogens is 3. The first kappa shape index (κ1) is 14.1. The number of aliphatic hydroxyl groups excluding tert-OH is 1. The third kappa shape index (κ3) is 2.78. The van der Waals surface area contributed by atoms with E-state index in [4.69, 9.17) is 23.2 Å². The number of para-hydroxylation sites is 1. The summed E-state index contributed by atoms with van der Waals surface area (Å²) in [7, 11) is 0. The highest BCUT2D eigenvalue weighted by molar-refractivity contribution is 6.35. The van der Waals surface area contributed by atoms with Crippen molar-refractivity contribution >= 4 is 23.2 Å². The lowest BCUT2D eigenvalue weighted by Crippen LogP contribution is -2.09. The van der Waals surface area contributed by atoms with Crippen LogP contribution in [0.1, 0.15) is 17.4 Å². The van der Waals surface area contributed by atoms with Gasteiger partial charge in [0.05, 0.1) is 17.6 Å². The molecule has 0 aliphatic rings. The predicted octanol–water partition coefficient (Wildman–Crippen LogP) is 3.66. The standard InChI is InChI=1S/C15H11Cl2N3O/c16-10-6-7-12(13(17)8-10)15(21)14-9-18-19-20(14)11-4-2-1-3-5-11/h1-9,15,21H. The van der Waals surface area contributed by atoms with E-state index in [9.17, 15) is 5.11 Å². The second kappa shape index (κ2) is 5.85. The van der Waals surface area contributed by atoms with E-state index in [1.807, 2.05) is 30.3 Å². The minimum Gasteiger partial charge on any atom is -0.382 e. The first-order valence-corrected chi connectivity index (χ1v) is 7.01. The first-order chi connectivity index (χ1) is 10.2. The van der Waals surface area contributed by atoms with E-state index in [0.29, 0.717) is 21.3 Å². The van der Waals surface area contributed by atoms with Crippen LogP contribution >= 0.6 is 23.2 Å². The Hall–Kier alpha value is -1.88.